The van der Waals surface area contributed by atoms with Crippen LogP contribution in [0.25, 0.3) is 11.5 Å². The van der Waals surface area contributed by atoms with Gasteiger partial charge in [-0.15, -0.1) is 0 Å². The average Bonchev–Trinajstić information content (AvgIpc) is 3.12. The molecule has 1 fully saturated rings. The number of hydrogen-bond donors (Lipinski definition) is 0. The Morgan fingerprint density at radius 1 is 0.958 bits per heavy atom. The fourth-order valence-electron chi connectivity index (χ4n) is 3.13. The maximum absolute atomic E-state index is 4.76. The van der Waals surface area contributed by atoms with E-state index < -0.39 is 0 Å². The van der Waals surface area contributed by atoms with Gasteiger partial charge in [0, 0.05) is 25.1 Å². The van der Waals surface area contributed by atoms with Crippen LogP contribution in [0.15, 0.2) is 48.9 Å². The molecule has 0 aliphatic carbocycles. The second-order valence-corrected chi connectivity index (χ2v) is 5.83. The van der Waals surface area contributed by atoms with Crippen molar-refractivity contribution in [2.24, 2.45) is 0 Å². The fraction of sp³-hybridized carbons (Fsp3) is 0.278. The predicted molar refractivity (Wildman–Crippen MR) is 91.4 cm³/mol. The van der Waals surface area contributed by atoms with E-state index in [1.165, 1.54) is 0 Å². The first kappa shape index (κ1) is 14.7. The van der Waals surface area contributed by atoms with E-state index in [1.807, 2.05) is 49.6 Å². The van der Waals surface area contributed by atoms with E-state index in [9.17, 15) is 0 Å². The van der Waals surface area contributed by atoms with Crippen molar-refractivity contribution in [3.63, 3.8) is 0 Å². The van der Waals surface area contributed by atoms with Crippen molar-refractivity contribution in [2.45, 2.75) is 25.8 Å². The summed E-state index contributed by atoms with van der Waals surface area (Å²) in [4.78, 5) is 24.6. The topological polar surface area (TPSA) is 67.7 Å². The highest BCUT2D eigenvalue weighted by Gasteiger charge is 2.28. The van der Waals surface area contributed by atoms with Gasteiger partial charge in [0.2, 0.25) is 0 Å². The van der Waals surface area contributed by atoms with Crippen molar-refractivity contribution in [1.82, 2.24) is 24.9 Å². The molecule has 0 saturated carbocycles. The molecule has 1 aliphatic rings. The zero-order valence-corrected chi connectivity index (χ0v) is 13.5. The summed E-state index contributed by atoms with van der Waals surface area (Å²) in [6.45, 7) is 2.89. The van der Waals surface area contributed by atoms with Gasteiger partial charge in [-0.3, -0.25) is 4.98 Å². The van der Waals surface area contributed by atoms with E-state index in [-0.39, 0.29) is 6.04 Å². The molecule has 1 unspecified atom stereocenters. The molecule has 0 bridgehead atoms. The lowest BCUT2D eigenvalue weighted by atomic mass is 10.1. The van der Waals surface area contributed by atoms with Gasteiger partial charge >= 0.3 is 0 Å². The van der Waals surface area contributed by atoms with Crippen molar-refractivity contribution >= 4 is 5.82 Å². The Morgan fingerprint density at radius 3 is 2.71 bits per heavy atom. The molecule has 3 aromatic rings. The van der Waals surface area contributed by atoms with E-state index in [0.717, 1.165) is 42.4 Å². The first-order chi connectivity index (χ1) is 11.8. The molecular weight excluding hydrogens is 300 g/mol. The van der Waals surface area contributed by atoms with Crippen LogP contribution in [0.4, 0.5) is 5.82 Å². The minimum absolute atomic E-state index is 0.213. The van der Waals surface area contributed by atoms with Crippen LogP contribution in [-0.2, 0) is 0 Å². The van der Waals surface area contributed by atoms with Crippen molar-refractivity contribution in [2.75, 3.05) is 11.4 Å². The Kier molecular flexibility index (Phi) is 3.86. The number of aryl methyl sites for hydroxylation is 1. The van der Waals surface area contributed by atoms with Crippen molar-refractivity contribution in [3.05, 3.63) is 60.4 Å². The maximum atomic E-state index is 4.76. The molecule has 4 rings (SSSR count). The molecule has 0 spiro atoms. The largest absolute Gasteiger partial charge is 0.348 e. The number of nitrogens with zero attached hydrogens (tertiary/aromatic N) is 6. The summed E-state index contributed by atoms with van der Waals surface area (Å²) in [5, 5.41) is 0. The van der Waals surface area contributed by atoms with E-state index in [1.54, 1.807) is 6.20 Å². The molecule has 0 amide bonds. The molecular formula is C18H18N6. The molecule has 4 heterocycles. The van der Waals surface area contributed by atoms with Crippen LogP contribution in [0.1, 0.15) is 30.4 Å². The molecule has 0 aromatic carbocycles. The van der Waals surface area contributed by atoms with E-state index in [2.05, 4.69) is 24.8 Å². The van der Waals surface area contributed by atoms with Crippen LogP contribution in [0.3, 0.4) is 0 Å². The van der Waals surface area contributed by atoms with Gasteiger partial charge in [-0.2, -0.15) is 0 Å². The smallest absolute Gasteiger partial charge is 0.178 e. The molecule has 1 atom stereocenters. The fourth-order valence-corrected chi connectivity index (χ4v) is 3.13. The molecule has 3 aromatic heterocycles. The molecule has 120 valence electrons. The second kappa shape index (κ2) is 6.31. The Labute approximate surface area is 140 Å². The summed E-state index contributed by atoms with van der Waals surface area (Å²) in [6, 6.07) is 9.94. The van der Waals surface area contributed by atoms with Crippen LogP contribution < -0.4 is 4.90 Å². The summed E-state index contributed by atoms with van der Waals surface area (Å²) in [6.07, 6.45) is 7.57. The lowest BCUT2D eigenvalue weighted by molar-refractivity contribution is 0.683. The van der Waals surface area contributed by atoms with Gasteiger partial charge in [-0.25, -0.2) is 19.9 Å². The zero-order chi connectivity index (χ0) is 16.4. The average molecular weight is 318 g/mol. The molecule has 6 heteroatoms. The number of aromatic nitrogens is 5. The first-order valence-corrected chi connectivity index (χ1v) is 8.12. The molecule has 0 radical (unpaired) electrons. The molecule has 0 N–H and O–H groups in total. The number of anilines is 1. The molecule has 1 aliphatic heterocycles. The quantitative estimate of drug-likeness (QED) is 0.739. The van der Waals surface area contributed by atoms with Crippen LogP contribution in [0, 0.1) is 6.92 Å². The van der Waals surface area contributed by atoms with Crippen LogP contribution in [0.2, 0.25) is 0 Å². The Morgan fingerprint density at radius 2 is 1.88 bits per heavy atom. The van der Waals surface area contributed by atoms with Crippen LogP contribution in [-0.4, -0.2) is 31.5 Å². The SMILES string of the molecule is Cc1nccc(N2CCCC2c2ccnc(-c3ccccn3)n2)n1. The van der Waals surface area contributed by atoms with Gasteiger partial charge in [0.05, 0.1) is 11.7 Å². The lowest BCUT2D eigenvalue weighted by Crippen LogP contribution is -2.24. The third-order valence-corrected chi connectivity index (χ3v) is 4.22. The van der Waals surface area contributed by atoms with Gasteiger partial charge < -0.3 is 4.90 Å². The summed E-state index contributed by atoms with van der Waals surface area (Å²) in [5.41, 5.74) is 1.81. The van der Waals surface area contributed by atoms with E-state index in [0.29, 0.717) is 5.82 Å². The Hall–Kier alpha value is -2.89. The number of rotatable bonds is 3. The minimum atomic E-state index is 0.213. The lowest BCUT2D eigenvalue weighted by Gasteiger charge is -2.25. The third-order valence-electron chi connectivity index (χ3n) is 4.22. The third kappa shape index (κ3) is 2.82. The highest BCUT2D eigenvalue weighted by atomic mass is 15.2. The summed E-state index contributed by atoms with van der Waals surface area (Å²) in [7, 11) is 0. The van der Waals surface area contributed by atoms with Gasteiger partial charge in [-0.05, 0) is 44.0 Å². The van der Waals surface area contributed by atoms with E-state index >= 15 is 0 Å². The first-order valence-electron chi connectivity index (χ1n) is 8.12. The molecule has 24 heavy (non-hydrogen) atoms. The maximum Gasteiger partial charge on any atom is 0.178 e. The van der Waals surface area contributed by atoms with Gasteiger partial charge in [-0.1, -0.05) is 6.07 Å². The number of hydrogen-bond acceptors (Lipinski definition) is 6. The zero-order valence-electron chi connectivity index (χ0n) is 13.5. The van der Waals surface area contributed by atoms with Crippen LogP contribution in [0.5, 0.6) is 0 Å². The van der Waals surface area contributed by atoms with Gasteiger partial charge in [0.15, 0.2) is 5.82 Å². The van der Waals surface area contributed by atoms with E-state index in [4.69, 9.17) is 4.98 Å². The van der Waals surface area contributed by atoms with Crippen molar-refractivity contribution < 1.29 is 0 Å². The Balaban J connectivity index is 1.68. The predicted octanol–water partition coefficient (Wildman–Crippen LogP) is 2.98. The summed E-state index contributed by atoms with van der Waals surface area (Å²) < 4.78 is 0. The van der Waals surface area contributed by atoms with Crippen LogP contribution >= 0.6 is 0 Å². The minimum Gasteiger partial charge on any atom is -0.348 e. The standard InChI is InChI=1S/C18H18N6/c1-13-19-11-8-17(22-13)24-12-4-6-16(24)14-7-10-21-18(23-14)15-5-2-3-9-20-15/h2-3,5,7-11,16H,4,6,12H2,1H3. The molecule has 1 saturated heterocycles. The summed E-state index contributed by atoms with van der Waals surface area (Å²) >= 11 is 0. The molecule has 6 nitrogen and oxygen atoms in total. The highest BCUT2D eigenvalue weighted by molar-refractivity contribution is 5.49. The van der Waals surface area contributed by atoms with Gasteiger partial charge in [0.1, 0.15) is 17.3 Å². The number of pyridine rings is 1. The Bertz CT molecular complexity index is 836. The summed E-state index contributed by atoms with van der Waals surface area (Å²) in [5.74, 6) is 2.41. The van der Waals surface area contributed by atoms with Gasteiger partial charge in [0.25, 0.3) is 0 Å². The van der Waals surface area contributed by atoms with Crippen molar-refractivity contribution in [3.8, 4) is 11.5 Å². The highest BCUT2D eigenvalue weighted by Crippen LogP contribution is 2.34. The monoisotopic (exact) mass is 318 g/mol. The normalized spacial score (nSPS) is 17.2. The van der Waals surface area contributed by atoms with Crippen molar-refractivity contribution in [1.29, 1.82) is 0 Å². The second-order valence-electron chi connectivity index (χ2n) is 5.83.